The van der Waals surface area contributed by atoms with Crippen LogP contribution in [-0.4, -0.2) is 18.7 Å². The Bertz CT molecular complexity index is 631. The predicted octanol–water partition coefficient (Wildman–Crippen LogP) is 3.55. The van der Waals surface area contributed by atoms with Gasteiger partial charge in [-0.3, -0.25) is 4.79 Å². The van der Waals surface area contributed by atoms with Crippen molar-refractivity contribution in [3.63, 3.8) is 0 Å². The SMILES string of the molecule is CCc1ccc(NC(=O)CO/N=C\c2ccc(C)cc2)cc1. The minimum absolute atomic E-state index is 0.113. The first-order chi connectivity index (χ1) is 10.7. The molecule has 0 saturated heterocycles. The van der Waals surface area contributed by atoms with Gasteiger partial charge in [-0.05, 0) is 36.6 Å². The van der Waals surface area contributed by atoms with Gasteiger partial charge in [0.25, 0.3) is 5.91 Å². The summed E-state index contributed by atoms with van der Waals surface area (Å²) in [5.74, 6) is -0.231. The molecule has 22 heavy (non-hydrogen) atoms. The lowest BCUT2D eigenvalue weighted by molar-refractivity contribution is -0.120. The summed E-state index contributed by atoms with van der Waals surface area (Å²) in [7, 11) is 0. The molecule has 2 rings (SSSR count). The minimum Gasteiger partial charge on any atom is -0.386 e. The highest BCUT2D eigenvalue weighted by atomic mass is 16.6. The number of rotatable bonds is 6. The van der Waals surface area contributed by atoms with Crippen LogP contribution in [0.1, 0.15) is 23.6 Å². The number of benzene rings is 2. The lowest BCUT2D eigenvalue weighted by atomic mass is 10.1. The van der Waals surface area contributed by atoms with E-state index in [2.05, 4.69) is 17.4 Å². The molecule has 0 aliphatic rings. The summed E-state index contributed by atoms with van der Waals surface area (Å²) in [5, 5.41) is 6.56. The zero-order valence-electron chi connectivity index (χ0n) is 12.9. The monoisotopic (exact) mass is 296 g/mol. The van der Waals surface area contributed by atoms with E-state index in [1.807, 2.05) is 55.5 Å². The number of nitrogens with zero attached hydrogens (tertiary/aromatic N) is 1. The summed E-state index contributed by atoms with van der Waals surface area (Å²) < 4.78 is 0. The molecule has 0 radical (unpaired) electrons. The Morgan fingerprint density at radius 3 is 2.45 bits per heavy atom. The summed E-state index contributed by atoms with van der Waals surface area (Å²) >= 11 is 0. The van der Waals surface area contributed by atoms with Crippen LogP contribution in [-0.2, 0) is 16.1 Å². The van der Waals surface area contributed by atoms with Gasteiger partial charge in [-0.15, -0.1) is 0 Å². The van der Waals surface area contributed by atoms with Crippen LogP contribution in [0.15, 0.2) is 53.7 Å². The van der Waals surface area contributed by atoms with Crippen molar-refractivity contribution in [1.29, 1.82) is 0 Å². The molecule has 0 unspecified atom stereocenters. The van der Waals surface area contributed by atoms with E-state index in [1.165, 1.54) is 11.1 Å². The Hall–Kier alpha value is -2.62. The van der Waals surface area contributed by atoms with E-state index in [4.69, 9.17) is 4.84 Å². The zero-order chi connectivity index (χ0) is 15.8. The average Bonchev–Trinajstić information content (AvgIpc) is 2.54. The smallest absolute Gasteiger partial charge is 0.265 e. The van der Waals surface area contributed by atoms with E-state index in [9.17, 15) is 4.79 Å². The second-order valence-electron chi connectivity index (χ2n) is 5.02. The fourth-order valence-corrected chi connectivity index (χ4v) is 1.87. The van der Waals surface area contributed by atoms with E-state index < -0.39 is 0 Å². The van der Waals surface area contributed by atoms with E-state index >= 15 is 0 Å². The first kappa shape index (κ1) is 15.8. The number of hydrogen-bond donors (Lipinski definition) is 1. The van der Waals surface area contributed by atoms with Crippen molar-refractivity contribution >= 4 is 17.8 Å². The number of amides is 1. The Balaban J connectivity index is 1.76. The number of oxime groups is 1. The molecule has 2 aromatic carbocycles. The quantitative estimate of drug-likeness (QED) is 0.654. The van der Waals surface area contributed by atoms with E-state index in [1.54, 1.807) is 6.21 Å². The van der Waals surface area contributed by atoms with Gasteiger partial charge in [0, 0.05) is 5.69 Å². The van der Waals surface area contributed by atoms with Crippen LogP contribution in [0.2, 0.25) is 0 Å². The summed E-state index contributed by atoms with van der Waals surface area (Å²) in [4.78, 5) is 16.7. The fourth-order valence-electron chi connectivity index (χ4n) is 1.87. The van der Waals surface area contributed by atoms with Gasteiger partial charge < -0.3 is 10.2 Å². The van der Waals surface area contributed by atoms with Crippen molar-refractivity contribution in [3.05, 3.63) is 65.2 Å². The van der Waals surface area contributed by atoms with Crippen molar-refractivity contribution in [3.8, 4) is 0 Å². The molecule has 0 heterocycles. The highest BCUT2D eigenvalue weighted by molar-refractivity contribution is 5.91. The van der Waals surface area contributed by atoms with Gasteiger partial charge in [-0.2, -0.15) is 0 Å². The lowest BCUT2D eigenvalue weighted by Gasteiger charge is -2.05. The van der Waals surface area contributed by atoms with Crippen LogP contribution in [0.25, 0.3) is 0 Å². The van der Waals surface area contributed by atoms with Gasteiger partial charge in [0.2, 0.25) is 0 Å². The molecule has 0 aliphatic heterocycles. The fraction of sp³-hybridized carbons (Fsp3) is 0.222. The molecule has 0 aliphatic carbocycles. The molecule has 0 fully saturated rings. The third-order valence-electron chi connectivity index (χ3n) is 3.20. The maximum absolute atomic E-state index is 11.7. The van der Waals surface area contributed by atoms with Gasteiger partial charge in [0.05, 0.1) is 6.21 Å². The van der Waals surface area contributed by atoms with Crippen molar-refractivity contribution in [1.82, 2.24) is 0 Å². The normalized spacial score (nSPS) is 10.6. The van der Waals surface area contributed by atoms with E-state index in [0.29, 0.717) is 0 Å². The number of carbonyl (C=O) groups excluding carboxylic acids is 1. The molecular weight excluding hydrogens is 276 g/mol. The van der Waals surface area contributed by atoms with Crippen LogP contribution in [0, 0.1) is 6.92 Å². The van der Waals surface area contributed by atoms with Crippen molar-refractivity contribution in [2.24, 2.45) is 5.16 Å². The number of hydrogen-bond acceptors (Lipinski definition) is 3. The molecule has 1 N–H and O–H groups in total. The summed E-state index contributed by atoms with van der Waals surface area (Å²) in [5.41, 5.74) is 4.11. The second-order valence-corrected chi connectivity index (χ2v) is 5.02. The molecule has 4 heteroatoms. The molecule has 1 amide bonds. The van der Waals surface area contributed by atoms with Crippen LogP contribution < -0.4 is 5.32 Å². The lowest BCUT2D eigenvalue weighted by Crippen LogP contribution is -2.16. The molecule has 2 aromatic rings. The van der Waals surface area contributed by atoms with Gasteiger partial charge >= 0.3 is 0 Å². The number of nitrogens with one attached hydrogen (secondary N) is 1. The standard InChI is InChI=1S/C18H20N2O2/c1-3-15-8-10-17(11-9-15)20-18(21)13-22-19-12-16-6-4-14(2)5-7-16/h4-12H,3,13H2,1-2H3,(H,20,21)/b19-12-. The number of anilines is 1. The third kappa shape index (κ3) is 5.05. The maximum atomic E-state index is 11.7. The van der Waals surface area contributed by atoms with Gasteiger partial charge in [-0.25, -0.2) is 0 Å². The van der Waals surface area contributed by atoms with E-state index in [-0.39, 0.29) is 12.5 Å². The summed E-state index contributed by atoms with van der Waals surface area (Å²) in [6, 6.07) is 15.6. The average molecular weight is 296 g/mol. The van der Waals surface area contributed by atoms with Gasteiger partial charge in [0.15, 0.2) is 6.61 Å². The van der Waals surface area contributed by atoms with Crippen molar-refractivity contribution < 1.29 is 9.63 Å². The molecule has 0 saturated carbocycles. The van der Waals surface area contributed by atoms with Crippen LogP contribution >= 0.6 is 0 Å². The van der Waals surface area contributed by atoms with Crippen molar-refractivity contribution in [2.45, 2.75) is 20.3 Å². The molecule has 0 bridgehead atoms. The van der Waals surface area contributed by atoms with Crippen LogP contribution in [0.3, 0.4) is 0 Å². The Morgan fingerprint density at radius 2 is 1.82 bits per heavy atom. The van der Waals surface area contributed by atoms with E-state index in [0.717, 1.165) is 17.7 Å². The van der Waals surface area contributed by atoms with Crippen LogP contribution in [0.4, 0.5) is 5.69 Å². The van der Waals surface area contributed by atoms with Crippen LogP contribution in [0.5, 0.6) is 0 Å². The minimum atomic E-state index is -0.231. The first-order valence-corrected chi connectivity index (χ1v) is 7.28. The first-order valence-electron chi connectivity index (χ1n) is 7.28. The zero-order valence-corrected chi connectivity index (χ0v) is 12.9. The topological polar surface area (TPSA) is 50.7 Å². The summed E-state index contributed by atoms with van der Waals surface area (Å²) in [6.07, 6.45) is 2.56. The highest BCUT2D eigenvalue weighted by Crippen LogP contribution is 2.09. The largest absolute Gasteiger partial charge is 0.386 e. The second kappa shape index (κ2) is 7.98. The van der Waals surface area contributed by atoms with Crippen molar-refractivity contribution in [2.75, 3.05) is 11.9 Å². The molecule has 114 valence electrons. The molecule has 0 spiro atoms. The highest BCUT2D eigenvalue weighted by Gasteiger charge is 2.02. The molecular formula is C18H20N2O2. The summed E-state index contributed by atoms with van der Waals surface area (Å²) in [6.45, 7) is 4.00. The maximum Gasteiger partial charge on any atom is 0.265 e. The third-order valence-corrected chi connectivity index (χ3v) is 3.20. The Morgan fingerprint density at radius 1 is 1.14 bits per heavy atom. The molecule has 0 atom stereocenters. The van der Waals surface area contributed by atoms with Gasteiger partial charge in [0.1, 0.15) is 0 Å². The predicted molar refractivity (Wildman–Crippen MR) is 89.2 cm³/mol. The number of carbonyl (C=O) groups is 1. The van der Waals surface area contributed by atoms with Gasteiger partial charge in [-0.1, -0.05) is 54.0 Å². The Labute approximate surface area is 130 Å². The molecule has 4 nitrogen and oxygen atoms in total. The Kier molecular flexibility index (Phi) is 5.72. The number of aryl methyl sites for hydroxylation is 2. The molecule has 0 aromatic heterocycles.